The van der Waals surface area contributed by atoms with Gasteiger partial charge < -0.3 is 14.4 Å². The zero-order chi connectivity index (χ0) is 25.4. The van der Waals surface area contributed by atoms with Crippen LogP contribution in [-0.2, 0) is 14.3 Å². The van der Waals surface area contributed by atoms with Crippen molar-refractivity contribution in [3.63, 3.8) is 0 Å². The minimum absolute atomic E-state index is 0.0149. The highest BCUT2D eigenvalue weighted by Crippen LogP contribution is 2.31. The molecule has 0 unspecified atom stereocenters. The van der Waals surface area contributed by atoms with E-state index in [2.05, 4.69) is 67.3 Å². The Morgan fingerprint density at radius 3 is 2.03 bits per heavy atom. The molecule has 1 aromatic heterocycles. The van der Waals surface area contributed by atoms with E-state index in [9.17, 15) is 4.79 Å². The number of carbonyl (C=O) groups excluding carboxylic acids is 1. The molecule has 6 nitrogen and oxygen atoms in total. The average molecular weight is 476 g/mol. The molecule has 0 aliphatic rings. The van der Waals surface area contributed by atoms with Crippen LogP contribution in [0.25, 0.3) is 22.5 Å². The quantitative estimate of drug-likeness (QED) is 0.265. The third-order valence-corrected chi connectivity index (χ3v) is 5.47. The number of carbonyl (C=O) groups is 1. The third kappa shape index (κ3) is 8.18. The van der Waals surface area contributed by atoms with Gasteiger partial charge in [-0.2, -0.15) is 0 Å². The second-order valence-electron chi connectivity index (χ2n) is 9.93. The smallest absolute Gasteiger partial charge is 0.332 e. The summed E-state index contributed by atoms with van der Waals surface area (Å²) in [5.41, 5.74) is 5.78. The van der Waals surface area contributed by atoms with Crippen molar-refractivity contribution in [2.24, 2.45) is 0 Å². The molecule has 0 N–H and O–H groups in total. The van der Waals surface area contributed by atoms with Crippen molar-refractivity contribution in [2.75, 3.05) is 31.7 Å². The van der Waals surface area contributed by atoms with Crippen LogP contribution < -0.4 is 4.90 Å². The predicted molar refractivity (Wildman–Crippen MR) is 142 cm³/mol. The molecule has 0 aliphatic heterocycles. The van der Waals surface area contributed by atoms with Crippen molar-refractivity contribution in [1.82, 2.24) is 9.97 Å². The Balaban J connectivity index is 1.64. The van der Waals surface area contributed by atoms with Gasteiger partial charge in [0.05, 0.1) is 17.6 Å². The second-order valence-corrected chi connectivity index (χ2v) is 9.93. The van der Waals surface area contributed by atoms with Crippen LogP contribution in [0.5, 0.6) is 0 Å². The molecule has 1 heterocycles. The molecule has 186 valence electrons. The Morgan fingerprint density at radius 2 is 1.46 bits per heavy atom. The van der Waals surface area contributed by atoms with Gasteiger partial charge >= 0.3 is 5.97 Å². The number of rotatable bonds is 10. The van der Waals surface area contributed by atoms with Gasteiger partial charge in [-0.3, -0.25) is 4.98 Å². The van der Waals surface area contributed by atoms with Gasteiger partial charge in [0, 0.05) is 31.3 Å². The molecule has 0 fully saturated rings. The first-order chi connectivity index (χ1) is 16.6. The second kappa shape index (κ2) is 11.9. The molecule has 0 aliphatic carbocycles. The van der Waals surface area contributed by atoms with Crippen LogP contribution in [0.15, 0.2) is 54.7 Å². The van der Waals surface area contributed by atoms with E-state index in [1.165, 1.54) is 11.1 Å². The number of hydrogen-bond acceptors (Lipinski definition) is 6. The first-order valence-electron chi connectivity index (χ1n) is 12.1. The molecule has 0 saturated carbocycles. The summed E-state index contributed by atoms with van der Waals surface area (Å²) in [5.74, 6) is 0.494. The van der Waals surface area contributed by atoms with Crippen LogP contribution in [0.3, 0.4) is 0 Å². The van der Waals surface area contributed by atoms with Crippen LogP contribution in [0.1, 0.15) is 44.7 Å². The van der Waals surface area contributed by atoms with Crippen molar-refractivity contribution in [3.05, 3.63) is 65.9 Å². The van der Waals surface area contributed by atoms with Crippen molar-refractivity contribution >= 4 is 11.8 Å². The highest BCUT2D eigenvalue weighted by Gasteiger charge is 2.16. The Labute approximate surface area is 209 Å². The van der Waals surface area contributed by atoms with Gasteiger partial charge in [0.25, 0.3) is 0 Å². The van der Waals surface area contributed by atoms with E-state index in [1.54, 1.807) is 0 Å². The van der Waals surface area contributed by atoms with Gasteiger partial charge in [0.1, 0.15) is 18.0 Å². The van der Waals surface area contributed by atoms with E-state index in [0.29, 0.717) is 6.61 Å². The van der Waals surface area contributed by atoms with Crippen LogP contribution in [0, 0.1) is 13.8 Å². The molecule has 2 aromatic carbocycles. The number of unbranched alkanes of at least 4 members (excludes halogenated alkanes) is 1. The van der Waals surface area contributed by atoms with E-state index >= 15 is 0 Å². The molecule has 0 saturated heterocycles. The van der Waals surface area contributed by atoms with Crippen LogP contribution >= 0.6 is 0 Å². The van der Waals surface area contributed by atoms with Gasteiger partial charge in [0.15, 0.2) is 0 Å². The van der Waals surface area contributed by atoms with Crippen molar-refractivity contribution in [3.8, 4) is 22.5 Å². The molecule has 0 radical (unpaired) electrons. The molecule has 6 heteroatoms. The summed E-state index contributed by atoms with van der Waals surface area (Å²) in [4.78, 5) is 23.7. The standard InChI is InChI=1S/C29H37N3O3/c1-21-9-13-23(14-10-21)27-28(24-15-11-22(2)12-16-24)31-25(19-30-27)32(6)17-7-8-18-34-20-26(33)35-29(3,4)5/h9-16,19H,7-8,17-18,20H2,1-6H3. The van der Waals surface area contributed by atoms with Crippen LogP contribution in [0.2, 0.25) is 0 Å². The van der Waals surface area contributed by atoms with E-state index in [4.69, 9.17) is 19.4 Å². The van der Waals surface area contributed by atoms with Gasteiger partial charge in [-0.25, -0.2) is 9.78 Å². The lowest BCUT2D eigenvalue weighted by Crippen LogP contribution is -2.26. The van der Waals surface area contributed by atoms with E-state index in [1.807, 2.05) is 34.0 Å². The normalized spacial score (nSPS) is 11.4. The SMILES string of the molecule is Cc1ccc(-c2ncc(N(C)CCCCOCC(=O)OC(C)(C)C)nc2-c2ccc(C)cc2)cc1. The summed E-state index contributed by atoms with van der Waals surface area (Å²) in [5, 5.41) is 0. The first-order valence-corrected chi connectivity index (χ1v) is 12.1. The topological polar surface area (TPSA) is 64.6 Å². The largest absolute Gasteiger partial charge is 0.458 e. The monoisotopic (exact) mass is 475 g/mol. The van der Waals surface area contributed by atoms with E-state index in [-0.39, 0.29) is 12.6 Å². The Bertz CT molecular complexity index is 1100. The maximum atomic E-state index is 11.7. The average Bonchev–Trinajstić information content (AvgIpc) is 2.81. The fraction of sp³-hybridized carbons (Fsp3) is 0.414. The van der Waals surface area contributed by atoms with Crippen LogP contribution in [-0.4, -0.2) is 48.3 Å². The molecule has 0 spiro atoms. The Morgan fingerprint density at radius 1 is 0.886 bits per heavy atom. The highest BCUT2D eigenvalue weighted by molar-refractivity contribution is 5.79. The zero-order valence-electron chi connectivity index (χ0n) is 21.8. The number of aryl methyl sites for hydroxylation is 2. The lowest BCUT2D eigenvalue weighted by atomic mass is 10.0. The van der Waals surface area contributed by atoms with Gasteiger partial charge in [-0.05, 0) is 47.5 Å². The summed E-state index contributed by atoms with van der Waals surface area (Å²) in [6.45, 7) is 11.0. The van der Waals surface area contributed by atoms with Crippen LogP contribution in [0.4, 0.5) is 5.82 Å². The molecule has 3 aromatic rings. The fourth-order valence-electron chi connectivity index (χ4n) is 3.59. The predicted octanol–water partition coefficient (Wildman–Crippen LogP) is 6.00. The summed E-state index contributed by atoms with van der Waals surface area (Å²) >= 11 is 0. The number of ether oxygens (including phenoxy) is 2. The van der Waals surface area contributed by atoms with E-state index < -0.39 is 5.60 Å². The zero-order valence-corrected chi connectivity index (χ0v) is 21.8. The molecular formula is C29H37N3O3. The summed E-state index contributed by atoms with van der Waals surface area (Å²) < 4.78 is 10.7. The lowest BCUT2D eigenvalue weighted by Gasteiger charge is -2.20. The minimum Gasteiger partial charge on any atom is -0.458 e. The summed E-state index contributed by atoms with van der Waals surface area (Å²) in [7, 11) is 2.02. The number of aromatic nitrogens is 2. The highest BCUT2D eigenvalue weighted by atomic mass is 16.6. The molecule has 0 amide bonds. The summed E-state index contributed by atoms with van der Waals surface area (Å²) in [6, 6.07) is 16.8. The summed E-state index contributed by atoms with van der Waals surface area (Å²) in [6.07, 6.45) is 3.59. The Kier molecular flexibility index (Phi) is 8.99. The minimum atomic E-state index is -0.489. The third-order valence-electron chi connectivity index (χ3n) is 5.47. The fourth-order valence-corrected chi connectivity index (χ4v) is 3.59. The Hall–Kier alpha value is -3.25. The van der Waals surface area contributed by atoms with Crippen molar-refractivity contribution < 1.29 is 14.3 Å². The maximum absolute atomic E-state index is 11.7. The molecular weight excluding hydrogens is 438 g/mol. The number of hydrogen-bond donors (Lipinski definition) is 0. The molecule has 3 rings (SSSR count). The van der Waals surface area contributed by atoms with Gasteiger partial charge in [0.2, 0.25) is 0 Å². The van der Waals surface area contributed by atoms with Gasteiger partial charge in [-0.15, -0.1) is 0 Å². The number of anilines is 1. The molecule has 35 heavy (non-hydrogen) atoms. The van der Waals surface area contributed by atoms with Gasteiger partial charge in [-0.1, -0.05) is 59.7 Å². The van der Waals surface area contributed by atoms with Crippen molar-refractivity contribution in [1.29, 1.82) is 0 Å². The van der Waals surface area contributed by atoms with Crippen molar-refractivity contribution in [2.45, 2.75) is 53.1 Å². The maximum Gasteiger partial charge on any atom is 0.332 e. The van der Waals surface area contributed by atoms with E-state index in [0.717, 1.165) is 47.7 Å². The first kappa shape index (κ1) is 26.4. The lowest BCUT2D eigenvalue weighted by molar-refractivity contribution is -0.160. The number of esters is 1. The molecule has 0 bridgehead atoms. The number of benzene rings is 2. The number of nitrogens with zero attached hydrogens (tertiary/aromatic N) is 3. The molecule has 0 atom stereocenters.